The number of phenolic OH excluding ortho intramolecular Hbond substituents is 1. The molecule has 0 atom stereocenters. The number of nitrogens with two attached hydrogens (primary N) is 1. The zero-order chi connectivity index (χ0) is 13.9. The lowest BCUT2D eigenvalue weighted by Gasteiger charge is -2.26. The molecule has 0 saturated carbocycles. The van der Waals surface area contributed by atoms with Crippen LogP contribution in [0.25, 0.3) is 0 Å². The minimum Gasteiger partial charge on any atom is -0.507 e. The predicted octanol–water partition coefficient (Wildman–Crippen LogP) is 2.29. The van der Waals surface area contributed by atoms with Crippen molar-refractivity contribution in [3.05, 3.63) is 28.2 Å². The van der Waals surface area contributed by atoms with E-state index in [0.29, 0.717) is 4.47 Å². The van der Waals surface area contributed by atoms with Crippen LogP contribution in [0.4, 0.5) is 0 Å². The van der Waals surface area contributed by atoms with E-state index < -0.39 is 0 Å². The number of aromatic hydroxyl groups is 1. The van der Waals surface area contributed by atoms with Gasteiger partial charge in [0.15, 0.2) is 0 Å². The van der Waals surface area contributed by atoms with Crippen molar-refractivity contribution in [3.63, 3.8) is 0 Å². The third-order valence-corrected chi connectivity index (χ3v) is 3.02. The van der Waals surface area contributed by atoms with Gasteiger partial charge in [0.2, 0.25) is 0 Å². The summed E-state index contributed by atoms with van der Waals surface area (Å²) in [4.78, 5) is 14.1. The summed E-state index contributed by atoms with van der Waals surface area (Å²) < 4.78 is 0.710. The van der Waals surface area contributed by atoms with E-state index in [1.165, 1.54) is 11.0 Å². The first kappa shape index (κ1) is 14.9. The molecule has 0 aliphatic carbocycles. The Hall–Kier alpha value is -1.14. The summed E-state index contributed by atoms with van der Waals surface area (Å²) in [6.45, 7) is 3.93. The molecule has 0 radical (unpaired) electrons. The first-order valence-corrected chi connectivity index (χ1v) is 6.61. The number of hydrogen-bond donors (Lipinski definition) is 2. The molecule has 4 nitrogen and oxygen atoms in total. The highest BCUT2D eigenvalue weighted by atomic mass is 79.9. The molecule has 0 fully saturated rings. The van der Waals surface area contributed by atoms with Crippen LogP contribution < -0.4 is 5.73 Å². The highest BCUT2D eigenvalue weighted by molar-refractivity contribution is 9.10. The molecular weight excluding hydrogens is 316 g/mol. The van der Waals surface area contributed by atoms with E-state index in [1.54, 1.807) is 12.1 Å². The maximum atomic E-state index is 12.3. The number of nitrogens with zero attached hydrogens (tertiary/aromatic N) is 1. The maximum Gasteiger partial charge on any atom is 0.258 e. The molecule has 0 spiro atoms. The molecule has 6 heteroatoms. The Morgan fingerprint density at radius 3 is 2.61 bits per heavy atom. The predicted molar refractivity (Wildman–Crippen MR) is 78.8 cm³/mol. The Morgan fingerprint density at radius 1 is 1.56 bits per heavy atom. The Kier molecular flexibility index (Phi) is 5.10. The molecule has 1 aromatic carbocycles. The summed E-state index contributed by atoms with van der Waals surface area (Å²) >= 11 is 8.05. The first-order chi connectivity index (χ1) is 8.32. The van der Waals surface area contributed by atoms with Crippen molar-refractivity contribution in [1.82, 2.24) is 4.90 Å². The number of hydrogen-bond acceptors (Lipinski definition) is 3. The lowest BCUT2D eigenvalue weighted by atomic mass is 10.1. The molecule has 0 bridgehead atoms. The number of phenols is 1. The lowest BCUT2D eigenvalue weighted by Crippen LogP contribution is -2.42. The fraction of sp³-hybridized carbons (Fsp3) is 0.333. The maximum absolute atomic E-state index is 12.3. The van der Waals surface area contributed by atoms with Crippen LogP contribution in [0.1, 0.15) is 24.2 Å². The monoisotopic (exact) mass is 330 g/mol. The molecule has 0 heterocycles. The van der Waals surface area contributed by atoms with E-state index in [4.69, 9.17) is 18.0 Å². The Morgan fingerprint density at radius 2 is 2.17 bits per heavy atom. The molecule has 98 valence electrons. The van der Waals surface area contributed by atoms with Gasteiger partial charge in [-0.25, -0.2) is 0 Å². The van der Waals surface area contributed by atoms with Crippen LogP contribution >= 0.6 is 28.1 Å². The molecule has 1 amide bonds. The number of carbonyl (C=O) groups excluding carboxylic acids is 1. The molecule has 18 heavy (non-hydrogen) atoms. The quantitative estimate of drug-likeness (QED) is 0.831. The molecule has 0 aromatic heterocycles. The van der Waals surface area contributed by atoms with Crippen molar-refractivity contribution in [2.45, 2.75) is 19.9 Å². The average molecular weight is 331 g/mol. The Bertz CT molecular complexity index is 477. The number of rotatable bonds is 4. The highest BCUT2D eigenvalue weighted by Crippen LogP contribution is 2.24. The van der Waals surface area contributed by atoms with Crippen LogP contribution in [0, 0.1) is 0 Å². The van der Waals surface area contributed by atoms with E-state index in [1.807, 2.05) is 13.8 Å². The second kappa shape index (κ2) is 6.15. The van der Waals surface area contributed by atoms with E-state index in [0.717, 1.165) is 0 Å². The van der Waals surface area contributed by atoms with Gasteiger partial charge in [0.1, 0.15) is 5.75 Å². The standard InChI is InChI=1S/C12H15BrN2O2S/c1-7(2)15(6-11(14)18)12(17)9-4-3-8(13)5-10(9)16/h3-5,7,16H,6H2,1-2H3,(H2,14,18). The van der Waals surface area contributed by atoms with Gasteiger partial charge < -0.3 is 15.7 Å². The van der Waals surface area contributed by atoms with Crippen molar-refractivity contribution >= 4 is 39.0 Å². The van der Waals surface area contributed by atoms with Gasteiger partial charge in [-0.1, -0.05) is 28.1 Å². The van der Waals surface area contributed by atoms with Gasteiger partial charge in [0, 0.05) is 10.5 Å². The van der Waals surface area contributed by atoms with E-state index in [-0.39, 0.29) is 34.8 Å². The van der Waals surface area contributed by atoms with Gasteiger partial charge in [0.25, 0.3) is 5.91 Å². The van der Waals surface area contributed by atoms with E-state index >= 15 is 0 Å². The molecule has 0 aliphatic heterocycles. The number of carbonyl (C=O) groups is 1. The minimum absolute atomic E-state index is 0.0537. The van der Waals surface area contributed by atoms with Crippen molar-refractivity contribution in [1.29, 1.82) is 0 Å². The van der Waals surface area contributed by atoms with Gasteiger partial charge in [0.05, 0.1) is 17.1 Å². The molecule has 1 aromatic rings. The fourth-order valence-corrected chi connectivity index (χ4v) is 1.99. The molecule has 1 rings (SSSR count). The normalized spacial score (nSPS) is 10.4. The number of benzene rings is 1. The summed E-state index contributed by atoms with van der Waals surface area (Å²) in [6, 6.07) is 4.69. The van der Waals surface area contributed by atoms with Crippen LogP contribution in [0.15, 0.2) is 22.7 Å². The summed E-state index contributed by atoms with van der Waals surface area (Å²) in [5.74, 6) is -0.356. The molecule has 0 unspecified atom stereocenters. The average Bonchev–Trinajstić information content (AvgIpc) is 2.24. The lowest BCUT2D eigenvalue weighted by molar-refractivity contribution is 0.0733. The number of thiocarbonyl (C=S) groups is 1. The summed E-state index contributed by atoms with van der Waals surface area (Å²) in [7, 11) is 0. The van der Waals surface area contributed by atoms with Crippen molar-refractivity contribution in [3.8, 4) is 5.75 Å². The van der Waals surface area contributed by atoms with Gasteiger partial charge in [-0.2, -0.15) is 0 Å². The van der Waals surface area contributed by atoms with Gasteiger partial charge in [-0.05, 0) is 32.0 Å². The van der Waals surface area contributed by atoms with Crippen LogP contribution in [-0.2, 0) is 0 Å². The van der Waals surface area contributed by atoms with Crippen molar-refractivity contribution in [2.75, 3.05) is 6.54 Å². The van der Waals surface area contributed by atoms with E-state index in [2.05, 4.69) is 15.9 Å². The molecular formula is C12H15BrN2O2S. The third-order valence-electron chi connectivity index (χ3n) is 2.40. The topological polar surface area (TPSA) is 66.6 Å². The zero-order valence-electron chi connectivity index (χ0n) is 10.2. The molecule has 3 N–H and O–H groups in total. The van der Waals surface area contributed by atoms with Crippen LogP contribution in [0.2, 0.25) is 0 Å². The van der Waals surface area contributed by atoms with Crippen LogP contribution in [0.3, 0.4) is 0 Å². The van der Waals surface area contributed by atoms with Gasteiger partial charge in [-0.3, -0.25) is 4.79 Å². The summed E-state index contributed by atoms with van der Waals surface area (Å²) in [5, 5.41) is 9.78. The number of amides is 1. The van der Waals surface area contributed by atoms with Gasteiger partial charge in [-0.15, -0.1) is 0 Å². The van der Waals surface area contributed by atoms with E-state index in [9.17, 15) is 9.90 Å². The largest absolute Gasteiger partial charge is 0.507 e. The Balaban J connectivity index is 3.05. The minimum atomic E-state index is -0.289. The SMILES string of the molecule is CC(C)N(CC(N)=S)C(=O)c1ccc(Br)cc1O. The van der Waals surface area contributed by atoms with Crippen molar-refractivity contribution < 1.29 is 9.90 Å². The van der Waals surface area contributed by atoms with Crippen LogP contribution in [0.5, 0.6) is 5.75 Å². The first-order valence-electron chi connectivity index (χ1n) is 5.40. The Labute approximate surface area is 120 Å². The van der Waals surface area contributed by atoms with Gasteiger partial charge >= 0.3 is 0 Å². The third kappa shape index (κ3) is 3.68. The summed E-state index contributed by atoms with van der Waals surface area (Å²) in [5.41, 5.74) is 5.72. The number of halogens is 1. The summed E-state index contributed by atoms with van der Waals surface area (Å²) in [6.07, 6.45) is 0. The second-order valence-electron chi connectivity index (χ2n) is 4.15. The molecule has 0 saturated heterocycles. The zero-order valence-corrected chi connectivity index (χ0v) is 12.6. The smallest absolute Gasteiger partial charge is 0.258 e. The fourth-order valence-electron chi connectivity index (χ4n) is 1.50. The second-order valence-corrected chi connectivity index (χ2v) is 5.59. The highest BCUT2D eigenvalue weighted by Gasteiger charge is 2.21. The van der Waals surface area contributed by atoms with Crippen molar-refractivity contribution in [2.24, 2.45) is 5.73 Å². The van der Waals surface area contributed by atoms with Crippen LogP contribution in [-0.4, -0.2) is 33.5 Å². The molecule has 0 aliphatic rings.